The molecule has 1 aliphatic heterocycles. The monoisotopic (exact) mass is 305 g/mol. The fourth-order valence-electron chi connectivity index (χ4n) is 2.45. The van der Waals surface area contributed by atoms with E-state index in [9.17, 15) is 9.59 Å². The van der Waals surface area contributed by atoms with Gasteiger partial charge in [-0.25, -0.2) is 4.79 Å². The lowest BCUT2D eigenvalue weighted by Crippen LogP contribution is -2.43. The SMILES string of the molecule is CCOc1ccc(CCNC(=O)N2CN(C)C(=O)C2C)cc1. The number of nitrogens with zero attached hydrogens (tertiary/aromatic N) is 2. The van der Waals surface area contributed by atoms with Gasteiger partial charge in [-0.1, -0.05) is 12.1 Å². The van der Waals surface area contributed by atoms with Crippen LogP contribution >= 0.6 is 0 Å². The molecule has 6 heteroatoms. The Bertz CT molecular complexity index is 530. The Hall–Kier alpha value is -2.24. The van der Waals surface area contributed by atoms with Crippen LogP contribution in [0.15, 0.2) is 24.3 Å². The normalized spacial score (nSPS) is 17.8. The van der Waals surface area contributed by atoms with Crippen molar-refractivity contribution in [2.45, 2.75) is 26.3 Å². The number of carbonyl (C=O) groups is 2. The number of hydrogen-bond acceptors (Lipinski definition) is 3. The molecule has 22 heavy (non-hydrogen) atoms. The molecule has 3 amide bonds. The lowest BCUT2D eigenvalue weighted by molar-refractivity contribution is -0.127. The third-order valence-corrected chi connectivity index (χ3v) is 3.75. The van der Waals surface area contributed by atoms with E-state index in [1.165, 1.54) is 0 Å². The molecule has 0 bridgehead atoms. The number of nitrogens with one attached hydrogen (secondary N) is 1. The minimum atomic E-state index is -0.393. The smallest absolute Gasteiger partial charge is 0.319 e. The van der Waals surface area contributed by atoms with Gasteiger partial charge < -0.3 is 15.0 Å². The first-order valence-electron chi connectivity index (χ1n) is 7.54. The summed E-state index contributed by atoms with van der Waals surface area (Å²) in [5.74, 6) is 0.824. The molecule has 1 N–H and O–H groups in total. The van der Waals surface area contributed by atoms with Crippen LogP contribution in [0.1, 0.15) is 19.4 Å². The number of likely N-dealkylation sites (N-methyl/N-ethyl adjacent to an activating group) is 1. The number of ether oxygens (including phenoxy) is 1. The molecule has 0 spiro atoms. The second kappa shape index (κ2) is 7.15. The summed E-state index contributed by atoms with van der Waals surface area (Å²) in [6.45, 7) is 5.22. The maximum Gasteiger partial charge on any atom is 0.319 e. The van der Waals surface area contributed by atoms with Crippen molar-refractivity contribution in [1.82, 2.24) is 15.1 Å². The first kappa shape index (κ1) is 16.1. The number of carbonyl (C=O) groups excluding carboxylic acids is 2. The standard InChI is InChI=1S/C16H23N3O3/c1-4-22-14-7-5-13(6-8-14)9-10-17-16(21)19-11-18(3)15(20)12(19)2/h5-8,12H,4,9-11H2,1-3H3,(H,17,21). The van der Waals surface area contributed by atoms with Gasteiger partial charge in [0.25, 0.3) is 0 Å². The summed E-state index contributed by atoms with van der Waals surface area (Å²) in [6.07, 6.45) is 0.740. The molecule has 1 heterocycles. The van der Waals surface area contributed by atoms with Gasteiger partial charge >= 0.3 is 6.03 Å². The molecule has 1 unspecified atom stereocenters. The van der Waals surface area contributed by atoms with E-state index < -0.39 is 6.04 Å². The second-order valence-corrected chi connectivity index (χ2v) is 5.38. The van der Waals surface area contributed by atoms with Gasteiger partial charge in [-0.2, -0.15) is 0 Å². The molecule has 0 aromatic heterocycles. The average Bonchev–Trinajstić information content (AvgIpc) is 2.77. The largest absolute Gasteiger partial charge is 0.494 e. The molecule has 2 rings (SSSR count). The minimum absolute atomic E-state index is 0.0262. The van der Waals surface area contributed by atoms with Gasteiger partial charge in [0, 0.05) is 13.6 Å². The van der Waals surface area contributed by atoms with Crippen molar-refractivity contribution in [3.05, 3.63) is 29.8 Å². The number of urea groups is 1. The summed E-state index contributed by atoms with van der Waals surface area (Å²) in [4.78, 5) is 26.9. The molecule has 1 atom stereocenters. The quantitative estimate of drug-likeness (QED) is 0.896. The number of benzene rings is 1. The van der Waals surface area contributed by atoms with E-state index in [4.69, 9.17) is 4.74 Å². The number of rotatable bonds is 5. The van der Waals surface area contributed by atoms with Crippen LogP contribution in [0.2, 0.25) is 0 Å². The Kier molecular flexibility index (Phi) is 5.25. The van der Waals surface area contributed by atoms with E-state index >= 15 is 0 Å². The fourth-order valence-corrected chi connectivity index (χ4v) is 2.45. The zero-order valence-electron chi connectivity index (χ0n) is 13.3. The van der Waals surface area contributed by atoms with Crippen LogP contribution in [-0.4, -0.2) is 54.6 Å². The first-order valence-corrected chi connectivity index (χ1v) is 7.54. The van der Waals surface area contributed by atoms with Crippen LogP contribution in [0.3, 0.4) is 0 Å². The molecule has 1 aromatic rings. The van der Waals surface area contributed by atoms with Gasteiger partial charge in [-0.15, -0.1) is 0 Å². The predicted molar refractivity (Wildman–Crippen MR) is 83.7 cm³/mol. The highest BCUT2D eigenvalue weighted by Crippen LogP contribution is 2.13. The van der Waals surface area contributed by atoms with Crippen molar-refractivity contribution in [1.29, 1.82) is 0 Å². The van der Waals surface area contributed by atoms with Gasteiger partial charge in [0.05, 0.1) is 13.3 Å². The zero-order chi connectivity index (χ0) is 16.1. The van der Waals surface area contributed by atoms with E-state index in [0.717, 1.165) is 17.7 Å². The van der Waals surface area contributed by atoms with Crippen LogP contribution in [0.25, 0.3) is 0 Å². The van der Waals surface area contributed by atoms with Gasteiger partial charge in [0.1, 0.15) is 11.8 Å². The van der Waals surface area contributed by atoms with Crippen LogP contribution in [0.5, 0.6) is 5.75 Å². The summed E-state index contributed by atoms with van der Waals surface area (Å²) in [5.41, 5.74) is 1.13. The molecule has 1 fully saturated rings. The molecular weight excluding hydrogens is 282 g/mol. The van der Waals surface area contributed by atoms with Crippen molar-refractivity contribution in [3.8, 4) is 5.75 Å². The third-order valence-electron chi connectivity index (χ3n) is 3.75. The maximum atomic E-state index is 12.1. The number of amides is 3. The molecule has 1 aliphatic rings. The second-order valence-electron chi connectivity index (χ2n) is 5.38. The highest BCUT2D eigenvalue weighted by molar-refractivity contribution is 5.89. The fraction of sp³-hybridized carbons (Fsp3) is 0.500. The van der Waals surface area contributed by atoms with E-state index in [2.05, 4.69) is 5.32 Å². The Morgan fingerprint density at radius 3 is 2.59 bits per heavy atom. The van der Waals surface area contributed by atoms with Crippen molar-refractivity contribution in [2.24, 2.45) is 0 Å². The first-order chi connectivity index (χ1) is 10.5. The predicted octanol–water partition coefficient (Wildman–Crippen LogP) is 1.46. The van der Waals surface area contributed by atoms with Gasteiger partial charge in [0.2, 0.25) is 5.91 Å². The lowest BCUT2D eigenvalue weighted by Gasteiger charge is -2.19. The van der Waals surface area contributed by atoms with Crippen LogP contribution in [0, 0.1) is 0 Å². The summed E-state index contributed by atoms with van der Waals surface area (Å²) < 4.78 is 5.39. The van der Waals surface area contributed by atoms with Crippen LogP contribution in [0.4, 0.5) is 4.79 Å². The highest BCUT2D eigenvalue weighted by Gasteiger charge is 2.35. The van der Waals surface area contributed by atoms with Crippen LogP contribution < -0.4 is 10.1 Å². The average molecular weight is 305 g/mol. The van der Waals surface area contributed by atoms with Crippen LogP contribution in [-0.2, 0) is 11.2 Å². The van der Waals surface area contributed by atoms with Crippen molar-refractivity contribution in [2.75, 3.05) is 26.9 Å². The molecular formula is C16H23N3O3. The van der Waals surface area contributed by atoms with E-state index in [0.29, 0.717) is 19.8 Å². The zero-order valence-corrected chi connectivity index (χ0v) is 13.3. The Balaban J connectivity index is 1.78. The van der Waals surface area contributed by atoms with Crippen molar-refractivity contribution < 1.29 is 14.3 Å². The maximum absolute atomic E-state index is 12.1. The molecule has 0 radical (unpaired) electrons. The van der Waals surface area contributed by atoms with E-state index in [1.807, 2.05) is 31.2 Å². The van der Waals surface area contributed by atoms with Gasteiger partial charge in [0.15, 0.2) is 0 Å². The third kappa shape index (κ3) is 3.69. The number of hydrogen-bond donors (Lipinski definition) is 1. The van der Waals surface area contributed by atoms with E-state index in [1.54, 1.807) is 23.8 Å². The van der Waals surface area contributed by atoms with Crippen molar-refractivity contribution >= 4 is 11.9 Å². The molecule has 120 valence electrons. The minimum Gasteiger partial charge on any atom is -0.494 e. The molecule has 0 saturated carbocycles. The van der Waals surface area contributed by atoms with Gasteiger partial charge in [-0.05, 0) is 38.0 Å². The Labute approximate surface area is 131 Å². The van der Waals surface area contributed by atoms with Gasteiger partial charge in [-0.3, -0.25) is 9.69 Å². The summed E-state index contributed by atoms with van der Waals surface area (Å²) in [5, 5.41) is 2.86. The molecule has 1 saturated heterocycles. The summed E-state index contributed by atoms with van der Waals surface area (Å²) >= 11 is 0. The summed E-state index contributed by atoms with van der Waals surface area (Å²) in [7, 11) is 1.70. The Morgan fingerprint density at radius 1 is 1.36 bits per heavy atom. The van der Waals surface area contributed by atoms with E-state index in [-0.39, 0.29) is 11.9 Å². The Morgan fingerprint density at radius 2 is 2.05 bits per heavy atom. The summed E-state index contributed by atoms with van der Waals surface area (Å²) in [6, 6.07) is 7.25. The molecule has 6 nitrogen and oxygen atoms in total. The molecule has 1 aromatic carbocycles. The molecule has 0 aliphatic carbocycles. The topological polar surface area (TPSA) is 61.9 Å². The lowest BCUT2D eigenvalue weighted by atomic mass is 10.1. The highest BCUT2D eigenvalue weighted by atomic mass is 16.5. The van der Waals surface area contributed by atoms with Crippen molar-refractivity contribution in [3.63, 3.8) is 0 Å².